The number of piperidine rings is 1. The molecule has 0 saturated carbocycles. The summed E-state index contributed by atoms with van der Waals surface area (Å²) in [5, 5.41) is 8.46. The van der Waals surface area contributed by atoms with Crippen LogP contribution in [0.2, 0.25) is 0 Å². The molecule has 0 bridgehead atoms. The lowest BCUT2D eigenvalue weighted by molar-refractivity contribution is -0.130. The van der Waals surface area contributed by atoms with Gasteiger partial charge < -0.3 is 16.0 Å². The molecule has 0 aliphatic carbocycles. The first kappa shape index (κ1) is 12.0. The summed E-state index contributed by atoms with van der Waals surface area (Å²) in [6.45, 7) is 1.55. The lowest BCUT2D eigenvalue weighted by atomic mass is 10.1. The van der Waals surface area contributed by atoms with Crippen molar-refractivity contribution in [1.29, 1.82) is 0 Å². The zero-order chi connectivity index (χ0) is 11.1. The van der Waals surface area contributed by atoms with Crippen molar-refractivity contribution in [2.24, 2.45) is 0 Å². The van der Waals surface area contributed by atoms with Gasteiger partial charge in [0.25, 0.3) is 0 Å². The molecule has 0 radical (unpaired) electrons. The van der Waals surface area contributed by atoms with E-state index in [-0.39, 0.29) is 17.9 Å². The maximum absolute atomic E-state index is 11.4. The predicted octanol–water partition coefficient (Wildman–Crippen LogP) is -0.619. The van der Waals surface area contributed by atoms with Crippen LogP contribution in [-0.2, 0) is 9.59 Å². The Labute approximate surface area is 90.0 Å². The molecule has 15 heavy (non-hydrogen) atoms. The molecule has 3 N–H and O–H groups in total. The van der Waals surface area contributed by atoms with Gasteiger partial charge in [0.05, 0.1) is 0 Å². The molecule has 0 aromatic carbocycles. The largest absolute Gasteiger partial charge is 0.354 e. The van der Waals surface area contributed by atoms with Crippen LogP contribution in [0.15, 0.2) is 0 Å². The fourth-order valence-corrected chi connectivity index (χ4v) is 1.60. The van der Waals surface area contributed by atoms with Crippen LogP contribution in [0.4, 0.5) is 0 Å². The van der Waals surface area contributed by atoms with Crippen molar-refractivity contribution in [3.8, 4) is 0 Å². The van der Waals surface area contributed by atoms with Crippen LogP contribution in [0.1, 0.15) is 25.7 Å². The highest BCUT2D eigenvalue weighted by Gasteiger charge is 2.22. The molecule has 1 saturated heterocycles. The van der Waals surface area contributed by atoms with Crippen molar-refractivity contribution in [3.05, 3.63) is 0 Å². The minimum atomic E-state index is -0.319. The van der Waals surface area contributed by atoms with E-state index in [1.54, 1.807) is 0 Å². The molecule has 5 heteroatoms. The zero-order valence-electron chi connectivity index (χ0n) is 9.14. The average molecular weight is 213 g/mol. The highest BCUT2D eigenvalue weighted by Crippen LogP contribution is 2.03. The number of carbonyl (C=O) groups is 2. The summed E-state index contributed by atoms with van der Waals surface area (Å²) < 4.78 is 0. The van der Waals surface area contributed by atoms with E-state index in [0.29, 0.717) is 6.42 Å². The van der Waals surface area contributed by atoms with Gasteiger partial charge in [0.15, 0.2) is 0 Å². The maximum atomic E-state index is 11.4. The molecule has 0 aromatic heterocycles. The quantitative estimate of drug-likeness (QED) is 0.533. The summed E-state index contributed by atoms with van der Waals surface area (Å²) in [4.78, 5) is 22.7. The Morgan fingerprint density at radius 2 is 2.40 bits per heavy atom. The first-order valence-electron chi connectivity index (χ1n) is 5.45. The third-order valence-corrected chi connectivity index (χ3v) is 2.45. The summed E-state index contributed by atoms with van der Waals surface area (Å²) in [5.74, 6) is -0.0875. The number of carbonyl (C=O) groups excluding carboxylic acids is 2. The number of amides is 2. The summed E-state index contributed by atoms with van der Waals surface area (Å²) in [6, 6.07) is -0.319. The van der Waals surface area contributed by atoms with Gasteiger partial charge in [0.2, 0.25) is 11.8 Å². The van der Waals surface area contributed by atoms with Crippen molar-refractivity contribution >= 4 is 11.8 Å². The van der Waals surface area contributed by atoms with Gasteiger partial charge in [-0.05, 0) is 32.9 Å². The van der Waals surface area contributed by atoms with Crippen molar-refractivity contribution < 1.29 is 9.59 Å². The molecule has 1 rings (SSSR count). The maximum Gasteiger partial charge on any atom is 0.242 e. The van der Waals surface area contributed by atoms with E-state index in [1.807, 2.05) is 7.05 Å². The Morgan fingerprint density at radius 3 is 3.07 bits per heavy atom. The summed E-state index contributed by atoms with van der Waals surface area (Å²) >= 11 is 0. The second-order valence-corrected chi connectivity index (χ2v) is 3.76. The molecule has 1 unspecified atom stereocenters. The molecule has 2 amide bonds. The van der Waals surface area contributed by atoms with Crippen LogP contribution in [0.3, 0.4) is 0 Å². The molecule has 1 fully saturated rings. The third kappa shape index (κ3) is 4.29. The van der Waals surface area contributed by atoms with Crippen molar-refractivity contribution in [2.45, 2.75) is 31.7 Å². The van der Waals surface area contributed by atoms with Gasteiger partial charge in [-0.2, -0.15) is 0 Å². The third-order valence-electron chi connectivity index (χ3n) is 2.45. The fraction of sp³-hybridized carbons (Fsp3) is 0.800. The van der Waals surface area contributed by atoms with Gasteiger partial charge in [-0.25, -0.2) is 0 Å². The molecule has 1 atom stereocenters. The van der Waals surface area contributed by atoms with Crippen molar-refractivity contribution in [2.75, 3.05) is 20.1 Å². The van der Waals surface area contributed by atoms with Gasteiger partial charge >= 0.3 is 0 Å². The van der Waals surface area contributed by atoms with Crippen LogP contribution in [0, 0.1) is 0 Å². The Hall–Kier alpha value is -1.10. The van der Waals surface area contributed by atoms with Crippen LogP contribution in [0.25, 0.3) is 0 Å². The number of hydrogen-bond acceptors (Lipinski definition) is 3. The second-order valence-electron chi connectivity index (χ2n) is 3.76. The lowest BCUT2D eigenvalue weighted by Crippen LogP contribution is -2.50. The van der Waals surface area contributed by atoms with E-state index < -0.39 is 0 Å². The predicted molar refractivity (Wildman–Crippen MR) is 57.3 cm³/mol. The molecule has 1 heterocycles. The van der Waals surface area contributed by atoms with Crippen LogP contribution < -0.4 is 16.0 Å². The van der Waals surface area contributed by atoms with Crippen LogP contribution >= 0.6 is 0 Å². The highest BCUT2D eigenvalue weighted by atomic mass is 16.2. The molecule has 86 valence electrons. The van der Waals surface area contributed by atoms with E-state index in [4.69, 9.17) is 0 Å². The topological polar surface area (TPSA) is 70.2 Å². The van der Waals surface area contributed by atoms with E-state index in [2.05, 4.69) is 16.0 Å². The number of rotatable bonds is 5. The fourth-order valence-electron chi connectivity index (χ4n) is 1.60. The summed E-state index contributed by atoms with van der Waals surface area (Å²) in [5.41, 5.74) is 0. The van der Waals surface area contributed by atoms with Gasteiger partial charge in [-0.15, -0.1) is 0 Å². The van der Waals surface area contributed by atoms with E-state index in [9.17, 15) is 9.59 Å². The smallest absolute Gasteiger partial charge is 0.242 e. The first-order valence-corrected chi connectivity index (χ1v) is 5.45. The molecular weight excluding hydrogens is 194 g/mol. The van der Waals surface area contributed by atoms with Gasteiger partial charge in [-0.1, -0.05) is 0 Å². The highest BCUT2D eigenvalue weighted by molar-refractivity contribution is 5.87. The Kier molecular flexibility index (Phi) is 5.10. The van der Waals surface area contributed by atoms with Crippen LogP contribution in [0.5, 0.6) is 0 Å². The molecule has 1 aliphatic heterocycles. The normalized spacial score (nSPS) is 20.9. The molecular formula is C10H19N3O2. The van der Waals surface area contributed by atoms with Gasteiger partial charge in [-0.3, -0.25) is 9.59 Å². The Balaban J connectivity index is 2.21. The Morgan fingerprint density at radius 1 is 1.60 bits per heavy atom. The number of hydrogen-bond donors (Lipinski definition) is 3. The van der Waals surface area contributed by atoms with E-state index in [0.717, 1.165) is 32.4 Å². The summed E-state index contributed by atoms with van der Waals surface area (Å²) in [7, 11) is 1.85. The minimum Gasteiger partial charge on any atom is -0.354 e. The first-order chi connectivity index (χ1) is 7.24. The van der Waals surface area contributed by atoms with Gasteiger partial charge in [0.1, 0.15) is 6.04 Å². The molecule has 0 aromatic rings. The van der Waals surface area contributed by atoms with Gasteiger partial charge in [0, 0.05) is 13.0 Å². The molecule has 0 spiro atoms. The average Bonchev–Trinajstić information content (AvgIpc) is 2.22. The Bertz CT molecular complexity index is 231. The van der Waals surface area contributed by atoms with E-state index in [1.165, 1.54) is 0 Å². The number of nitrogens with one attached hydrogen (secondary N) is 3. The SMILES string of the molecule is CNCCCC(=O)NC1CCCNC1=O. The standard InChI is InChI=1S/C10H19N3O2/c1-11-6-3-5-9(14)13-8-4-2-7-12-10(8)15/h8,11H,2-7H2,1H3,(H,12,15)(H,13,14). The molecule has 1 aliphatic rings. The van der Waals surface area contributed by atoms with Crippen molar-refractivity contribution in [1.82, 2.24) is 16.0 Å². The van der Waals surface area contributed by atoms with Crippen molar-refractivity contribution in [3.63, 3.8) is 0 Å². The second kappa shape index (κ2) is 6.40. The monoisotopic (exact) mass is 213 g/mol. The van der Waals surface area contributed by atoms with E-state index >= 15 is 0 Å². The molecule has 5 nitrogen and oxygen atoms in total. The van der Waals surface area contributed by atoms with Crippen LogP contribution in [-0.4, -0.2) is 38.0 Å². The zero-order valence-corrected chi connectivity index (χ0v) is 9.14. The minimum absolute atomic E-state index is 0.0349. The summed E-state index contributed by atoms with van der Waals surface area (Å²) in [6.07, 6.45) is 2.97. The lowest BCUT2D eigenvalue weighted by Gasteiger charge is -2.22.